The van der Waals surface area contributed by atoms with Crippen molar-refractivity contribution in [3.8, 4) is 11.6 Å². The molecule has 0 saturated carbocycles. The van der Waals surface area contributed by atoms with Gasteiger partial charge in [0, 0.05) is 17.0 Å². The normalized spacial score (nSPS) is 10.6. The van der Waals surface area contributed by atoms with Crippen LogP contribution in [0.5, 0.6) is 11.6 Å². The number of nitrogens with zero attached hydrogens (tertiary/aromatic N) is 2. The first kappa shape index (κ1) is 14.5. The van der Waals surface area contributed by atoms with E-state index < -0.39 is 0 Å². The van der Waals surface area contributed by atoms with E-state index in [0.29, 0.717) is 5.88 Å². The van der Waals surface area contributed by atoms with E-state index in [1.165, 1.54) is 0 Å². The number of hydrogen-bond acceptors (Lipinski definition) is 3. The lowest BCUT2D eigenvalue weighted by atomic mass is 10.1. The second-order valence-corrected chi connectivity index (χ2v) is 5.88. The molecule has 0 unspecified atom stereocenters. The van der Waals surface area contributed by atoms with Crippen LogP contribution in [0, 0.1) is 13.8 Å². The van der Waals surface area contributed by atoms with Crippen LogP contribution < -0.4 is 4.74 Å². The molecule has 0 bridgehead atoms. The summed E-state index contributed by atoms with van der Waals surface area (Å²) in [5.41, 5.74) is 2.28. The van der Waals surface area contributed by atoms with Gasteiger partial charge in [-0.05, 0) is 53.0 Å². The summed E-state index contributed by atoms with van der Waals surface area (Å²) < 4.78 is 7.66. The summed E-state index contributed by atoms with van der Waals surface area (Å²) in [5.74, 6) is 2.10. The van der Waals surface area contributed by atoms with Crippen molar-refractivity contribution < 1.29 is 4.74 Å². The predicted octanol–water partition coefficient (Wildman–Crippen LogP) is 4.97. The Morgan fingerprint density at radius 2 is 1.68 bits per heavy atom. The summed E-state index contributed by atoms with van der Waals surface area (Å²) in [6.45, 7) is 6.09. The third-order valence-corrected chi connectivity index (χ3v) is 4.32. The summed E-state index contributed by atoms with van der Waals surface area (Å²) in [4.78, 5) is 8.62. The fourth-order valence-electron chi connectivity index (χ4n) is 1.74. The fourth-order valence-corrected chi connectivity index (χ4v) is 2.37. The maximum absolute atomic E-state index is 5.82. The van der Waals surface area contributed by atoms with Gasteiger partial charge in [-0.15, -0.1) is 0 Å². The Kier molecular flexibility index (Phi) is 4.58. The summed E-state index contributed by atoms with van der Waals surface area (Å²) in [6.07, 6.45) is 0.772. The first-order valence-corrected chi connectivity index (χ1v) is 7.56. The van der Waals surface area contributed by atoms with Gasteiger partial charge < -0.3 is 4.74 Å². The largest absolute Gasteiger partial charge is 0.439 e. The summed E-state index contributed by atoms with van der Waals surface area (Å²) in [7, 11) is 0. The summed E-state index contributed by atoms with van der Waals surface area (Å²) in [6, 6.07) is 5.74. The monoisotopic (exact) mass is 384 g/mol. The molecule has 0 saturated heterocycles. The number of ether oxygens (including phenoxy) is 1. The molecule has 3 nitrogen and oxygen atoms in total. The Morgan fingerprint density at radius 1 is 1.05 bits per heavy atom. The molecular formula is C14H14Br2N2O. The van der Waals surface area contributed by atoms with E-state index in [1.54, 1.807) is 6.07 Å². The number of halogens is 2. The Balaban J connectivity index is 2.33. The molecule has 19 heavy (non-hydrogen) atoms. The molecule has 5 heteroatoms. The van der Waals surface area contributed by atoms with Gasteiger partial charge in [0.25, 0.3) is 0 Å². The van der Waals surface area contributed by atoms with E-state index in [0.717, 1.165) is 38.2 Å². The topological polar surface area (TPSA) is 35.0 Å². The van der Waals surface area contributed by atoms with Crippen LogP contribution in [0.4, 0.5) is 0 Å². The molecule has 0 N–H and O–H groups in total. The first-order valence-electron chi connectivity index (χ1n) is 5.97. The maximum Gasteiger partial charge on any atom is 0.223 e. The highest BCUT2D eigenvalue weighted by atomic mass is 79.9. The second kappa shape index (κ2) is 6.01. The molecule has 100 valence electrons. The molecule has 0 fully saturated rings. The highest BCUT2D eigenvalue weighted by Crippen LogP contribution is 2.29. The molecule has 1 aromatic heterocycles. The van der Waals surface area contributed by atoms with E-state index in [1.807, 2.05) is 32.9 Å². The molecule has 0 amide bonds. The molecule has 0 aliphatic heterocycles. The first-order chi connectivity index (χ1) is 8.99. The zero-order valence-electron chi connectivity index (χ0n) is 11.0. The van der Waals surface area contributed by atoms with Gasteiger partial charge in [-0.3, -0.25) is 0 Å². The minimum atomic E-state index is 0.555. The zero-order chi connectivity index (χ0) is 14.0. The Labute approximate surface area is 129 Å². The minimum Gasteiger partial charge on any atom is -0.439 e. The SMILES string of the molecule is CCc1nc(Br)cc(Oc2cc(C)c(Br)c(C)c2)n1. The Hall–Kier alpha value is -0.940. The Morgan fingerprint density at radius 3 is 2.26 bits per heavy atom. The molecule has 0 aliphatic rings. The predicted molar refractivity (Wildman–Crippen MR) is 82.8 cm³/mol. The van der Waals surface area contributed by atoms with Crippen LogP contribution in [-0.2, 0) is 6.42 Å². The van der Waals surface area contributed by atoms with Crippen molar-refractivity contribution in [2.24, 2.45) is 0 Å². The minimum absolute atomic E-state index is 0.555. The number of rotatable bonds is 3. The molecule has 0 radical (unpaired) electrons. The lowest BCUT2D eigenvalue weighted by Gasteiger charge is -2.10. The van der Waals surface area contributed by atoms with Crippen molar-refractivity contribution in [3.05, 3.63) is 44.2 Å². The summed E-state index contributed by atoms with van der Waals surface area (Å²) >= 11 is 6.91. The van der Waals surface area contributed by atoms with Crippen molar-refractivity contribution in [2.45, 2.75) is 27.2 Å². The molecule has 2 aromatic rings. The van der Waals surface area contributed by atoms with Gasteiger partial charge in [-0.1, -0.05) is 22.9 Å². The van der Waals surface area contributed by atoms with E-state index in [-0.39, 0.29) is 0 Å². The average Bonchev–Trinajstić information content (AvgIpc) is 2.35. The van der Waals surface area contributed by atoms with Crippen molar-refractivity contribution in [2.75, 3.05) is 0 Å². The van der Waals surface area contributed by atoms with Crippen molar-refractivity contribution in [3.63, 3.8) is 0 Å². The van der Waals surface area contributed by atoms with Gasteiger partial charge in [-0.25, -0.2) is 4.98 Å². The van der Waals surface area contributed by atoms with Crippen LogP contribution in [0.25, 0.3) is 0 Å². The van der Waals surface area contributed by atoms with Crippen LogP contribution in [0.3, 0.4) is 0 Å². The molecule has 0 spiro atoms. The Bertz CT molecular complexity index is 591. The number of hydrogen-bond donors (Lipinski definition) is 0. The number of aromatic nitrogens is 2. The van der Waals surface area contributed by atoms with Gasteiger partial charge in [0.1, 0.15) is 16.2 Å². The van der Waals surface area contributed by atoms with E-state index in [9.17, 15) is 0 Å². The smallest absolute Gasteiger partial charge is 0.223 e. The third-order valence-electron chi connectivity index (χ3n) is 2.67. The lowest BCUT2D eigenvalue weighted by Crippen LogP contribution is -1.97. The van der Waals surface area contributed by atoms with Crippen molar-refractivity contribution in [1.29, 1.82) is 0 Å². The molecular weight excluding hydrogens is 372 g/mol. The second-order valence-electron chi connectivity index (χ2n) is 4.27. The average molecular weight is 386 g/mol. The van der Waals surface area contributed by atoms with Crippen molar-refractivity contribution in [1.82, 2.24) is 9.97 Å². The van der Waals surface area contributed by atoms with Gasteiger partial charge in [0.15, 0.2) is 0 Å². The van der Waals surface area contributed by atoms with Crippen molar-refractivity contribution >= 4 is 31.9 Å². The van der Waals surface area contributed by atoms with Crippen LogP contribution in [0.2, 0.25) is 0 Å². The quantitative estimate of drug-likeness (QED) is 0.699. The van der Waals surface area contributed by atoms with Gasteiger partial charge in [0.2, 0.25) is 5.88 Å². The zero-order valence-corrected chi connectivity index (χ0v) is 14.2. The standard InChI is InChI=1S/C14H14Br2N2O/c1-4-12-17-11(15)7-13(18-12)19-10-5-8(2)14(16)9(3)6-10/h5-7H,4H2,1-3H3. The molecule has 1 heterocycles. The maximum atomic E-state index is 5.82. The molecule has 2 rings (SSSR count). The van der Waals surface area contributed by atoms with Crippen LogP contribution in [-0.4, -0.2) is 9.97 Å². The number of aryl methyl sites for hydroxylation is 3. The summed E-state index contributed by atoms with van der Waals surface area (Å²) in [5, 5.41) is 0. The van der Waals surface area contributed by atoms with Gasteiger partial charge >= 0.3 is 0 Å². The van der Waals surface area contributed by atoms with E-state index in [4.69, 9.17) is 4.74 Å². The van der Waals surface area contributed by atoms with Gasteiger partial charge in [-0.2, -0.15) is 4.98 Å². The van der Waals surface area contributed by atoms with Crippen LogP contribution >= 0.6 is 31.9 Å². The highest BCUT2D eigenvalue weighted by molar-refractivity contribution is 9.10. The molecule has 0 aliphatic carbocycles. The fraction of sp³-hybridized carbons (Fsp3) is 0.286. The highest BCUT2D eigenvalue weighted by Gasteiger charge is 2.07. The lowest BCUT2D eigenvalue weighted by molar-refractivity contribution is 0.457. The molecule has 0 atom stereocenters. The van der Waals surface area contributed by atoms with E-state index in [2.05, 4.69) is 41.8 Å². The van der Waals surface area contributed by atoms with Gasteiger partial charge in [0.05, 0.1) is 0 Å². The van der Waals surface area contributed by atoms with Crippen LogP contribution in [0.1, 0.15) is 23.9 Å². The molecule has 1 aromatic carbocycles. The van der Waals surface area contributed by atoms with Crippen LogP contribution in [0.15, 0.2) is 27.3 Å². The number of benzene rings is 1. The third kappa shape index (κ3) is 3.54. The van der Waals surface area contributed by atoms with E-state index >= 15 is 0 Å².